The molecule has 0 heterocycles. The Hall–Kier alpha value is -3.22. The highest BCUT2D eigenvalue weighted by Crippen LogP contribution is 2.39. The average Bonchev–Trinajstić information content (AvgIpc) is 2.71. The van der Waals surface area contributed by atoms with Gasteiger partial charge in [-0.2, -0.15) is 0 Å². The number of rotatable bonds is 10. The van der Waals surface area contributed by atoms with E-state index in [1.54, 1.807) is 0 Å². The van der Waals surface area contributed by atoms with Crippen molar-refractivity contribution >= 4 is 11.9 Å². The zero-order chi connectivity index (χ0) is 20.5. The zero-order valence-corrected chi connectivity index (χ0v) is 16.3. The van der Waals surface area contributed by atoms with E-state index in [2.05, 4.69) is 0 Å². The lowest BCUT2D eigenvalue weighted by atomic mass is 10.1. The molecule has 0 aromatic heterocycles. The van der Waals surface area contributed by atoms with Gasteiger partial charge in [0.1, 0.15) is 13.2 Å². The van der Waals surface area contributed by atoms with Crippen LogP contribution in [0.25, 0.3) is 0 Å². The first-order valence-corrected chi connectivity index (χ1v) is 8.94. The molecule has 0 aliphatic heterocycles. The van der Waals surface area contributed by atoms with Crippen LogP contribution in [0, 0.1) is 0 Å². The van der Waals surface area contributed by atoms with Crippen LogP contribution in [0.1, 0.15) is 29.3 Å². The second kappa shape index (κ2) is 10.2. The fourth-order valence-electron chi connectivity index (χ4n) is 2.74. The summed E-state index contributed by atoms with van der Waals surface area (Å²) >= 11 is 0. The Bertz CT molecular complexity index is 781. The molecule has 28 heavy (non-hydrogen) atoms. The first-order valence-electron chi connectivity index (χ1n) is 8.94. The smallest absolute Gasteiger partial charge is 0.323 e. The third kappa shape index (κ3) is 5.39. The third-order valence-electron chi connectivity index (χ3n) is 4.04. The molecule has 7 heteroatoms. The van der Waals surface area contributed by atoms with Gasteiger partial charge in [-0.05, 0) is 24.1 Å². The van der Waals surface area contributed by atoms with Gasteiger partial charge in [-0.15, -0.1) is 0 Å². The number of carboxylic acid groups (broad SMARTS) is 1. The number of ether oxygens (including phenoxy) is 3. The molecule has 1 amide bonds. The van der Waals surface area contributed by atoms with Crippen LogP contribution in [0.15, 0.2) is 42.5 Å². The molecule has 2 aromatic rings. The Morgan fingerprint density at radius 1 is 1.04 bits per heavy atom. The van der Waals surface area contributed by atoms with Gasteiger partial charge < -0.3 is 24.2 Å². The standard InChI is InChI=1S/C21H25NO6/c1-4-10-22(13-19(23)24)21(25)16-11-17(26-2)20(18(12-16)27-3)28-14-15-8-6-5-7-9-15/h5-9,11-12H,4,10,13-14H2,1-3H3,(H,23,24). The van der Waals surface area contributed by atoms with Crippen LogP contribution in [0.2, 0.25) is 0 Å². The summed E-state index contributed by atoms with van der Waals surface area (Å²) in [5, 5.41) is 9.07. The van der Waals surface area contributed by atoms with Crippen LogP contribution in [0.4, 0.5) is 0 Å². The molecule has 2 aromatic carbocycles. The van der Waals surface area contributed by atoms with E-state index in [-0.39, 0.29) is 12.1 Å². The second-order valence-electron chi connectivity index (χ2n) is 6.10. The maximum absolute atomic E-state index is 12.8. The second-order valence-corrected chi connectivity index (χ2v) is 6.10. The highest BCUT2D eigenvalue weighted by Gasteiger charge is 2.22. The SMILES string of the molecule is CCCN(CC(=O)O)C(=O)c1cc(OC)c(OCc2ccccc2)c(OC)c1. The fourth-order valence-corrected chi connectivity index (χ4v) is 2.74. The number of hydrogen-bond donors (Lipinski definition) is 1. The van der Waals surface area contributed by atoms with Crippen molar-refractivity contribution in [3.05, 3.63) is 53.6 Å². The largest absolute Gasteiger partial charge is 0.493 e. The van der Waals surface area contributed by atoms with Crippen molar-refractivity contribution in [1.82, 2.24) is 4.90 Å². The van der Waals surface area contributed by atoms with E-state index in [1.807, 2.05) is 37.3 Å². The predicted molar refractivity (Wildman–Crippen MR) is 104 cm³/mol. The monoisotopic (exact) mass is 387 g/mol. The van der Waals surface area contributed by atoms with Gasteiger partial charge in [0.15, 0.2) is 11.5 Å². The summed E-state index contributed by atoms with van der Waals surface area (Å²) in [6.45, 7) is 2.15. The Kier molecular flexibility index (Phi) is 7.68. The van der Waals surface area contributed by atoms with Crippen LogP contribution in [-0.4, -0.2) is 49.2 Å². The first kappa shape index (κ1) is 21.1. The molecule has 0 aliphatic carbocycles. The van der Waals surface area contributed by atoms with Gasteiger partial charge in [0.25, 0.3) is 5.91 Å². The molecule has 0 spiro atoms. The summed E-state index contributed by atoms with van der Waals surface area (Å²) in [5.41, 5.74) is 1.25. The molecule has 0 unspecified atom stereocenters. The summed E-state index contributed by atoms with van der Waals surface area (Å²) in [6.07, 6.45) is 0.644. The minimum atomic E-state index is -1.07. The van der Waals surface area contributed by atoms with Crippen LogP contribution >= 0.6 is 0 Å². The lowest BCUT2D eigenvalue weighted by Crippen LogP contribution is -2.36. The molecular weight excluding hydrogens is 362 g/mol. The lowest BCUT2D eigenvalue weighted by Gasteiger charge is -2.21. The van der Waals surface area contributed by atoms with Crippen LogP contribution in [0.3, 0.4) is 0 Å². The van der Waals surface area contributed by atoms with E-state index in [4.69, 9.17) is 19.3 Å². The average molecular weight is 387 g/mol. The molecule has 0 aliphatic rings. The Balaban J connectivity index is 2.32. The number of hydrogen-bond acceptors (Lipinski definition) is 5. The van der Waals surface area contributed by atoms with E-state index in [0.717, 1.165) is 5.56 Å². The number of carboxylic acids is 1. The summed E-state index contributed by atoms with van der Waals surface area (Å²) in [4.78, 5) is 25.2. The number of carbonyl (C=O) groups is 2. The van der Waals surface area contributed by atoms with E-state index in [1.165, 1.54) is 31.3 Å². The minimum Gasteiger partial charge on any atom is -0.493 e. The van der Waals surface area contributed by atoms with Gasteiger partial charge in [0, 0.05) is 12.1 Å². The summed E-state index contributed by atoms with van der Waals surface area (Å²) in [5.74, 6) is -0.416. The fraction of sp³-hybridized carbons (Fsp3) is 0.333. The minimum absolute atomic E-state index is 0.274. The number of methoxy groups -OCH3 is 2. The van der Waals surface area contributed by atoms with Crippen molar-refractivity contribution in [2.24, 2.45) is 0 Å². The topological polar surface area (TPSA) is 85.3 Å². The van der Waals surface area contributed by atoms with Gasteiger partial charge >= 0.3 is 5.97 Å². The number of carbonyl (C=O) groups excluding carboxylic acids is 1. The summed E-state index contributed by atoms with van der Waals surface area (Å²) in [7, 11) is 2.94. The quantitative estimate of drug-likeness (QED) is 0.674. The number of benzene rings is 2. The van der Waals surface area contributed by atoms with E-state index < -0.39 is 11.9 Å². The lowest BCUT2D eigenvalue weighted by molar-refractivity contribution is -0.137. The number of aliphatic carboxylic acids is 1. The van der Waals surface area contributed by atoms with Gasteiger partial charge in [-0.3, -0.25) is 9.59 Å². The van der Waals surface area contributed by atoms with Gasteiger partial charge in [0.2, 0.25) is 5.75 Å². The highest BCUT2D eigenvalue weighted by molar-refractivity contribution is 5.97. The molecule has 150 valence electrons. The Labute approximate surface area is 164 Å². The van der Waals surface area contributed by atoms with Crippen molar-refractivity contribution in [1.29, 1.82) is 0 Å². The van der Waals surface area contributed by atoms with Gasteiger partial charge in [-0.25, -0.2) is 0 Å². The van der Waals surface area contributed by atoms with E-state index in [0.29, 0.717) is 36.8 Å². The molecular formula is C21H25NO6. The third-order valence-corrected chi connectivity index (χ3v) is 4.04. The molecule has 0 atom stereocenters. The van der Waals surface area contributed by atoms with Crippen molar-refractivity contribution < 1.29 is 28.9 Å². The number of nitrogens with zero attached hydrogens (tertiary/aromatic N) is 1. The Morgan fingerprint density at radius 3 is 2.14 bits per heavy atom. The molecule has 0 radical (unpaired) electrons. The maximum atomic E-state index is 12.8. The molecule has 0 saturated heterocycles. The maximum Gasteiger partial charge on any atom is 0.323 e. The summed E-state index contributed by atoms with van der Waals surface area (Å²) in [6, 6.07) is 12.7. The molecule has 7 nitrogen and oxygen atoms in total. The van der Waals surface area contributed by atoms with Crippen LogP contribution in [0.5, 0.6) is 17.2 Å². The molecule has 0 fully saturated rings. The van der Waals surface area contributed by atoms with Crippen LogP contribution < -0.4 is 14.2 Å². The van der Waals surface area contributed by atoms with Crippen molar-refractivity contribution in [2.45, 2.75) is 20.0 Å². The van der Waals surface area contributed by atoms with Crippen molar-refractivity contribution in [3.63, 3.8) is 0 Å². The normalized spacial score (nSPS) is 10.2. The zero-order valence-electron chi connectivity index (χ0n) is 16.3. The van der Waals surface area contributed by atoms with E-state index in [9.17, 15) is 9.59 Å². The first-order chi connectivity index (χ1) is 13.5. The Morgan fingerprint density at radius 2 is 1.64 bits per heavy atom. The van der Waals surface area contributed by atoms with Gasteiger partial charge in [-0.1, -0.05) is 37.3 Å². The highest BCUT2D eigenvalue weighted by atomic mass is 16.5. The van der Waals surface area contributed by atoms with Crippen LogP contribution in [-0.2, 0) is 11.4 Å². The molecule has 2 rings (SSSR count). The van der Waals surface area contributed by atoms with Crippen molar-refractivity contribution in [2.75, 3.05) is 27.3 Å². The number of amides is 1. The van der Waals surface area contributed by atoms with E-state index >= 15 is 0 Å². The predicted octanol–water partition coefficient (Wildman–Crippen LogP) is 3.22. The van der Waals surface area contributed by atoms with Gasteiger partial charge in [0.05, 0.1) is 14.2 Å². The summed E-state index contributed by atoms with van der Waals surface area (Å²) < 4.78 is 16.7. The molecule has 0 bridgehead atoms. The molecule has 1 N–H and O–H groups in total. The molecule has 0 saturated carbocycles. The van der Waals surface area contributed by atoms with Crippen molar-refractivity contribution in [3.8, 4) is 17.2 Å².